The number of halogens is 1. The van der Waals surface area contributed by atoms with Crippen molar-refractivity contribution in [2.24, 2.45) is 0 Å². The highest BCUT2D eigenvalue weighted by molar-refractivity contribution is 6.10. The number of hydrogen-bond donors (Lipinski definition) is 0. The first-order valence-corrected chi connectivity index (χ1v) is 17.8. The zero-order valence-electron chi connectivity index (χ0n) is 30.4. The van der Waals surface area contributed by atoms with Gasteiger partial charge in [0, 0.05) is 33.2 Å². The van der Waals surface area contributed by atoms with Crippen molar-refractivity contribution in [1.29, 1.82) is 0 Å². The lowest BCUT2D eigenvalue weighted by Crippen LogP contribution is -2.11. The molecule has 0 bridgehead atoms. The standard InChI is InChI=1S/C47H41FN4/c1-46(2,3)33-19-24-38-39-25-20-34(47(4,5)6)28-42(39)52(41(38)27-33)36-23-26-37(30-17-21-35(48)22-18-30)40(29-36)45-50-43(31-13-9-7-10-14-31)49-44(51-45)32-15-11-8-12-16-32/h7-29H,1-6H3. The SMILES string of the molecule is CC(C)(C)c1ccc2c3ccc(C(C)(C)C)cc3n(-c3ccc(-c4ccc(F)cc4)c(-c4nc(-c5ccccc5)nc(-c5ccccc5)n4)c3)c2c1. The van der Waals surface area contributed by atoms with Crippen molar-refractivity contribution < 1.29 is 4.39 Å². The van der Waals surface area contributed by atoms with Gasteiger partial charge in [-0.25, -0.2) is 19.3 Å². The molecule has 0 radical (unpaired) electrons. The molecule has 6 aromatic carbocycles. The van der Waals surface area contributed by atoms with Gasteiger partial charge in [-0.1, -0.05) is 145 Å². The van der Waals surface area contributed by atoms with Crippen molar-refractivity contribution in [3.8, 4) is 51.0 Å². The zero-order valence-corrected chi connectivity index (χ0v) is 30.4. The Kier molecular flexibility index (Phi) is 8.10. The molecule has 0 aliphatic heterocycles. The Morgan fingerprint density at radius 1 is 0.442 bits per heavy atom. The van der Waals surface area contributed by atoms with Crippen molar-refractivity contribution in [2.45, 2.75) is 52.4 Å². The summed E-state index contributed by atoms with van der Waals surface area (Å²) in [6, 6.07) is 46.8. The second-order valence-electron chi connectivity index (χ2n) is 15.6. The lowest BCUT2D eigenvalue weighted by Gasteiger charge is -2.20. The van der Waals surface area contributed by atoms with E-state index in [2.05, 4.69) is 101 Å². The summed E-state index contributed by atoms with van der Waals surface area (Å²) in [5.41, 5.74) is 10.1. The monoisotopic (exact) mass is 680 g/mol. The molecule has 0 unspecified atom stereocenters. The molecule has 4 nitrogen and oxygen atoms in total. The molecule has 0 saturated heterocycles. The number of nitrogens with zero attached hydrogens (tertiary/aromatic N) is 4. The summed E-state index contributed by atoms with van der Waals surface area (Å²) in [6.07, 6.45) is 0. The molecule has 0 fully saturated rings. The van der Waals surface area contributed by atoms with E-state index in [1.165, 1.54) is 34.0 Å². The van der Waals surface area contributed by atoms with Gasteiger partial charge < -0.3 is 4.57 Å². The van der Waals surface area contributed by atoms with Gasteiger partial charge in [-0.3, -0.25) is 0 Å². The summed E-state index contributed by atoms with van der Waals surface area (Å²) in [6.45, 7) is 13.5. The first-order chi connectivity index (χ1) is 24.9. The molecule has 8 rings (SSSR count). The van der Waals surface area contributed by atoms with Gasteiger partial charge in [-0.05, 0) is 69.5 Å². The summed E-state index contributed by atoms with van der Waals surface area (Å²) in [5, 5.41) is 2.40. The maximum absolute atomic E-state index is 14.3. The third-order valence-electron chi connectivity index (χ3n) is 9.86. The first kappa shape index (κ1) is 33.2. The summed E-state index contributed by atoms with van der Waals surface area (Å²) < 4.78 is 16.6. The van der Waals surface area contributed by atoms with Crippen LogP contribution in [0.25, 0.3) is 72.8 Å². The van der Waals surface area contributed by atoms with E-state index in [4.69, 9.17) is 15.0 Å². The summed E-state index contributed by atoms with van der Waals surface area (Å²) in [5.74, 6) is 1.43. The molecular weight excluding hydrogens is 640 g/mol. The second-order valence-corrected chi connectivity index (χ2v) is 15.6. The van der Waals surface area contributed by atoms with Gasteiger partial charge in [0.2, 0.25) is 0 Å². The Morgan fingerprint density at radius 2 is 0.923 bits per heavy atom. The van der Waals surface area contributed by atoms with Crippen molar-refractivity contribution in [2.75, 3.05) is 0 Å². The molecule has 5 heteroatoms. The fourth-order valence-electron chi connectivity index (χ4n) is 6.90. The van der Waals surface area contributed by atoms with Crippen LogP contribution in [0.1, 0.15) is 52.7 Å². The van der Waals surface area contributed by atoms with E-state index >= 15 is 0 Å². The van der Waals surface area contributed by atoms with E-state index in [1.807, 2.05) is 72.8 Å². The van der Waals surface area contributed by atoms with Crippen molar-refractivity contribution >= 4 is 21.8 Å². The maximum atomic E-state index is 14.3. The van der Waals surface area contributed by atoms with Gasteiger partial charge in [0.1, 0.15) is 5.82 Å². The second kappa shape index (κ2) is 12.7. The van der Waals surface area contributed by atoms with E-state index in [1.54, 1.807) is 0 Å². The van der Waals surface area contributed by atoms with Crippen LogP contribution in [0.2, 0.25) is 0 Å². The predicted octanol–water partition coefficient (Wildman–Crippen LogP) is 12.4. The first-order valence-electron chi connectivity index (χ1n) is 17.8. The molecule has 8 aromatic rings. The Labute approximate surface area is 304 Å². The van der Waals surface area contributed by atoms with Crippen LogP contribution in [0.15, 0.2) is 140 Å². The number of fused-ring (bicyclic) bond motifs is 3. The van der Waals surface area contributed by atoms with Crippen LogP contribution in [-0.2, 0) is 10.8 Å². The van der Waals surface area contributed by atoms with Crippen LogP contribution in [0.3, 0.4) is 0 Å². The Bertz CT molecular complexity index is 2440. The minimum atomic E-state index is -0.283. The fraction of sp³-hybridized carbons (Fsp3) is 0.170. The van der Waals surface area contributed by atoms with Gasteiger partial charge in [0.05, 0.1) is 11.0 Å². The molecular formula is C47H41FN4. The topological polar surface area (TPSA) is 43.6 Å². The summed E-state index contributed by atoms with van der Waals surface area (Å²) in [7, 11) is 0. The lowest BCUT2D eigenvalue weighted by atomic mass is 9.86. The predicted molar refractivity (Wildman–Crippen MR) is 213 cm³/mol. The van der Waals surface area contributed by atoms with Crippen LogP contribution in [0.4, 0.5) is 4.39 Å². The normalized spacial score (nSPS) is 12.1. The highest BCUT2D eigenvalue weighted by Gasteiger charge is 2.23. The van der Waals surface area contributed by atoms with Crippen molar-refractivity contribution in [3.63, 3.8) is 0 Å². The highest BCUT2D eigenvalue weighted by atomic mass is 19.1. The van der Waals surface area contributed by atoms with Crippen LogP contribution >= 0.6 is 0 Å². The Morgan fingerprint density at radius 3 is 1.40 bits per heavy atom. The minimum absolute atomic E-state index is 0.0315. The lowest BCUT2D eigenvalue weighted by molar-refractivity contribution is 0.591. The van der Waals surface area contributed by atoms with Crippen LogP contribution in [-0.4, -0.2) is 19.5 Å². The van der Waals surface area contributed by atoms with Crippen LogP contribution in [0, 0.1) is 5.82 Å². The third-order valence-corrected chi connectivity index (χ3v) is 9.86. The molecule has 0 aliphatic carbocycles. The van der Waals surface area contributed by atoms with E-state index < -0.39 is 0 Å². The van der Waals surface area contributed by atoms with E-state index in [9.17, 15) is 4.39 Å². The molecule has 0 amide bonds. The van der Waals surface area contributed by atoms with Crippen LogP contribution < -0.4 is 0 Å². The highest BCUT2D eigenvalue weighted by Crippen LogP contribution is 2.40. The number of benzene rings is 6. The molecule has 0 N–H and O–H groups in total. The molecule has 0 spiro atoms. The number of rotatable bonds is 5. The van der Waals surface area contributed by atoms with E-state index in [0.29, 0.717) is 17.5 Å². The van der Waals surface area contributed by atoms with Gasteiger partial charge in [0.25, 0.3) is 0 Å². The number of hydrogen-bond acceptors (Lipinski definition) is 3. The van der Waals surface area contributed by atoms with Gasteiger partial charge in [0.15, 0.2) is 17.5 Å². The molecule has 0 atom stereocenters. The smallest absolute Gasteiger partial charge is 0.164 e. The maximum Gasteiger partial charge on any atom is 0.164 e. The number of aromatic nitrogens is 4. The largest absolute Gasteiger partial charge is 0.309 e. The van der Waals surface area contributed by atoms with Crippen LogP contribution in [0.5, 0.6) is 0 Å². The van der Waals surface area contributed by atoms with E-state index in [0.717, 1.165) is 44.5 Å². The fourth-order valence-corrected chi connectivity index (χ4v) is 6.90. The minimum Gasteiger partial charge on any atom is -0.309 e. The molecule has 52 heavy (non-hydrogen) atoms. The quantitative estimate of drug-likeness (QED) is 0.182. The third kappa shape index (κ3) is 6.17. The van der Waals surface area contributed by atoms with Crippen molar-refractivity contribution in [3.05, 3.63) is 156 Å². The van der Waals surface area contributed by atoms with E-state index in [-0.39, 0.29) is 16.6 Å². The average Bonchev–Trinajstić information content (AvgIpc) is 3.48. The van der Waals surface area contributed by atoms with Gasteiger partial charge in [-0.15, -0.1) is 0 Å². The average molecular weight is 681 g/mol. The van der Waals surface area contributed by atoms with Gasteiger partial charge in [-0.2, -0.15) is 0 Å². The molecule has 2 aromatic heterocycles. The molecule has 0 saturated carbocycles. The molecule has 256 valence electrons. The van der Waals surface area contributed by atoms with Crippen molar-refractivity contribution in [1.82, 2.24) is 19.5 Å². The molecule has 2 heterocycles. The summed E-state index contributed by atoms with van der Waals surface area (Å²) in [4.78, 5) is 15.2. The zero-order chi connectivity index (χ0) is 36.2. The Hall–Kier alpha value is -5.94. The van der Waals surface area contributed by atoms with Gasteiger partial charge >= 0.3 is 0 Å². The summed E-state index contributed by atoms with van der Waals surface area (Å²) >= 11 is 0. The molecule has 0 aliphatic rings. The Balaban J connectivity index is 1.45.